The first-order chi connectivity index (χ1) is 7.76. The average molecular weight is 309 g/mol. The maximum atomic E-state index is 5.47. The Morgan fingerprint density at radius 1 is 1.50 bits per heavy atom. The standard InChI is InChI=1S/C10H17BrN2O2S/c1-14-4-5-15-7-8(13-12)6-9-2-3-10(11)16-9/h2-3,8,13H,4-7,12H2,1H3. The van der Waals surface area contributed by atoms with Gasteiger partial charge in [-0.15, -0.1) is 11.3 Å². The van der Waals surface area contributed by atoms with E-state index in [-0.39, 0.29) is 6.04 Å². The van der Waals surface area contributed by atoms with Gasteiger partial charge in [0.15, 0.2) is 0 Å². The summed E-state index contributed by atoms with van der Waals surface area (Å²) in [7, 11) is 1.66. The quantitative estimate of drug-likeness (QED) is 0.435. The van der Waals surface area contributed by atoms with Gasteiger partial charge in [-0.05, 0) is 28.1 Å². The summed E-state index contributed by atoms with van der Waals surface area (Å²) in [6.45, 7) is 1.81. The second-order valence-corrected chi connectivity index (χ2v) is 5.89. The number of methoxy groups -OCH3 is 1. The molecule has 4 nitrogen and oxygen atoms in total. The summed E-state index contributed by atoms with van der Waals surface area (Å²) in [5.74, 6) is 5.47. The molecule has 0 aromatic carbocycles. The first-order valence-electron chi connectivity index (χ1n) is 5.03. The van der Waals surface area contributed by atoms with E-state index in [1.807, 2.05) is 6.07 Å². The van der Waals surface area contributed by atoms with E-state index in [0.717, 1.165) is 10.2 Å². The SMILES string of the molecule is COCCOCC(Cc1ccc(Br)s1)NN. The maximum Gasteiger partial charge on any atom is 0.0701 e. The zero-order valence-corrected chi connectivity index (χ0v) is 11.6. The van der Waals surface area contributed by atoms with E-state index in [2.05, 4.69) is 27.4 Å². The Hall–Kier alpha value is 0.0200. The highest BCUT2D eigenvalue weighted by Gasteiger charge is 2.09. The van der Waals surface area contributed by atoms with Crippen LogP contribution >= 0.6 is 27.3 Å². The van der Waals surface area contributed by atoms with Gasteiger partial charge in [-0.25, -0.2) is 0 Å². The topological polar surface area (TPSA) is 56.5 Å². The molecule has 1 heterocycles. The van der Waals surface area contributed by atoms with Crippen LogP contribution < -0.4 is 11.3 Å². The molecule has 0 fully saturated rings. The van der Waals surface area contributed by atoms with E-state index in [9.17, 15) is 0 Å². The number of nitrogens with one attached hydrogen (secondary N) is 1. The second kappa shape index (κ2) is 8.16. The Morgan fingerprint density at radius 3 is 2.88 bits per heavy atom. The first-order valence-corrected chi connectivity index (χ1v) is 6.64. The molecule has 0 saturated carbocycles. The zero-order chi connectivity index (χ0) is 11.8. The van der Waals surface area contributed by atoms with E-state index in [1.54, 1.807) is 18.4 Å². The summed E-state index contributed by atoms with van der Waals surface area (Å²) in [5, 5.41) is 0. The van der Waals surface area contributed by atoms with E-state index in [4.69, 9.17) is 15.3 Å². The number of hydrogen-bond acceptors (Lipinski definition) is 5. The molecule has 16 heavy (non-hydrogen) atoms. The average Bonchev–Trinajstić information content (AvgIpc) is 2.68. The Morgan fingerprint density at radius 2 is 2.31 bits per heavy atom. The smallest absolute Gasteiger partial charge is 0.0701 e. The predicted octanol–water partition coefficient (Wildman–Crippen LogP) is 1.55. The van der Waals surface area contributed by atoms with Crippen LogP contribution in [0.2, 0.25) is 0 Å². The summed E-state index contributed by atoms with van der Waals surface area (Å²) in [6, 6.07) is 4.27. The minimum atomic E-state index is 0.141. The monoisotopic (exact) mass is 308 g/mol. The van der Waals surface area contributed by atoms with Gasteiger partial charge < -0.3 is 9.47 Å². The van der Waals surface area contributed by atoms with Crippen molar-refractivity contribution in [2.75, 3.05) is 26.9 Å². The van der Waals surface area contributed by atoms with Gasteiger partial charge in [0.05, 0.1) is 23.6 Å². The van der Waals surface area contributed by atoms with Crippen LogP contribution in [0.4, 0.5) is 0 Å². The lowest BCUT2D eigenvalue weighted by Crippen LogP contribution is -2.40. The van der Waals surface area contributed by atoms with Gasteiger partial charge in [-0.1, -0.05) is 0 Å². The normalized spacial score (nSPS) is 12.9. The molecule has 0 radical (unpaired) electrons. The van der Waals surface area contributed by atoms with E-state index in [0.29, 0.717) is 19.8 Å². The molecule has 1 aromatic rings. The number of hydrazine groups is 1. The molecular formula is C10H17BrN2O2S. The molecule has 1 aromatic heterocycles. The number of hydrogen-bond donors (Lipinski definition) is 2. The lowest BCUT2D eigenvalue weighted by Gasteiger charge is -2.14. The van der Waals surface area contributed by atoms with Crippen molar-refractivity contribution in [1.82, 2.24) is 5.43 Å². The molecule has 0 spiro atoms. The summed E-state index contributed by atoms with van der Waals surface area (Å²) >= 11 is 5.15. The van der Waals surface area contributed by atoms with Gasteiger partial charge in [0.25, 0.3) is 0 Å². The largest absolute Gasteiger partial charge is 0.382 e. The third-order valence-corrected chi connectivity index (χ3v) is 3.71. The van der Waals surface area contributed by atoms with E-state index in [1.165, 1.54) is 4.88 Å². The Bertz CT molecular complexity index is 296. The molecule has 0 saturated heterocycles. The van der Waals surface area contributed by atoms with E-state index < -0.39 is 0 Å². The van der Waals surface area contributed by atoms with Crippen molar-refractivity contribution in [3.8, 4) is 0 Å². The van der Waals surface area contributed by atoms with Crippen LogP contribution in [0.3, 0.4) is 0 Å². The van der Waals surface area contributed by atoms with Gasteiger partial charge >= 0.3 is 0 Å². The highest BCUT2D eigenvalue weighted by Crippen LogP contribution is 2.23. The molecule has 0 aliphatic carbocycles. The van der Waals surface area contributed by atoms with Crippen molar-refractivity contribution < 1.29 is 9.47 Å². The van der Waals surface area contributed by atoms with Crippen molar-refractivity contribution in [3.63, 3.8) is 0 Å². The van der Waals surface area contributed by atoms with Crippen molar-refractivity contribution in [2.45, 2.75) is 12.5 Å². The van der Waals surface area contributed by atoms with Gasteiger partial charge in [0.2, 0.25) is 0 Å². The molecule has 6 heteroatoms. The summed E-state index contributed by atoms with van der Waals surface area (Å²) in [6.07, 6.45) is 0.875. The van der Waals surface area contributed by atoms with Crippen LogP contribution in [0.25, 0.3) is 0 Å². The van der Waals surface area contributed by atoms with Crippen molar-refractivity contribution >= 4 is 27.3 Å². The number of thiophene rings is 1. The number of ether oxygens (including phenoxy) is 2. The summed E-state index contributed by atoms with van der Waals surface area (Å²) in [5.41, 5.74) is 2.76. The Labute approximate surface area is 108 Å². The third-order valence-electron chi connectivity index (χ3n) is 2.06. The molecule has 0 amide bonds. The van der Waals surface area contributed by atoms with Crippen molar-refractivity contribution in [1.29, 1.82) is 0 Å². The van der Waals surface area contributed by atoms with Gasteiger partial charge in [0.1, 0.15) is 0 Å². The number of nitrogens with two attached hydrogens (primary N) is 1. The Balaban J connectivity index is 2.26. The molecule has 0 aliphatic heterocycles. The minimum Gasteiger partial charge on any atom is -0.382 e. The van der Waals surface area contributed by atoms with Crippen LogP contribution in [-0.2, 0) is 15.9 Å². The van der Waals surface area contributed by atoms with E-state index >= 15 is 0 Å². The van der Waals surface area contributed by atoms with Crippen LogP contribution in [0.5, 0.6) is 0 Å². The van der Waals surface area contributed by atoms with Gasteiger partial charge in [-0.2, -0.15) is 0 Å². The highest BCUT2D eigenvalue weighted by molar-refractivity contribution is 9.11. The van der Waals surface area contributed by atoms with Crippen molar-refractivity contribution in [3.05, 3.63) is 20.8 Å². The van der Waals surface area contributed by atoms with Crippen molar-refractivity contribution in [2.24, 2.45) is 5.84 Å². The predicted molar refractivity (Wildman–Crippen MR) is 69.5 cm³/mol. The molecular weight excluding hydrogens is 292 g/mol. The molecule has 0 bridgehead atoms. The fraction of sp³-hybridized carbons (Fsp3) is 0.600. The third kappa shape index (κ3) is 5.38. The van der Waals surface area contributed by atoms with Gasteiger partial charge in [-0.3, -0.25) is 11.3 Å². The minimum absolute atomic E-state index is 0.141. The Kier molecular flexibility index (Phi) is 7.18. The van der Waals surface area contributed by atoms with Crippen LogP contribution in [0.1, 0.15) is 4.88 Å². The molecule has 1 unspecified atom stereocenters. The summed E-state index contributed by atoms with van der Waals surface area (Å²) in [4.78, 5) is 1.28. The summed E-state index contributed by atoms with van der Waals surface area (Å²) < 4.78 is 11.5. The van der Waals surface area contributed by atoms with Gasteiger partial charge in [0, 0.05) is 24.4 Å². The first kappa shape index (κ1) is 14.1. The zero-order valence-electron chi connectivity index (χ0n) is 9.24. The van der Waals surface area contributed by atoms with Crippen LogP contribution in [-0.4, -0.2) is 33.0 Å². The molecule has 92 valence electrons. The lowest BCUT2D eigenvalue weighted by atomic mass is 10.2. The molecule has 1 rings (SSSR count). The second-order valence-electron chi connectivity index (χ2n) is 3.34. The van der Waals surface area contributed by atoms with Crippen LogP contribution in [0, 0.1) is 0 Å². The lowest BCUT2D eigenvalue weighted by molar-refractivity contribution is 0.0588. The fourth-order valence-electron chi connectivity index (χ4n) is 1.24. The fourth-order valence-corrected chi connectivity index (χ4v) is 2.80. The highest BCUT2D eigenvalue weighted by atomic mass is 79.9. The molecule has 0 aliphatic rings. The maximum absolute atomic E-state index is 5.47. The number of halogens is 1. The molecule has 1 atom stereocenters. The van der Waals surface area contributed by atoms with Crippen LogP contribution in [0.15, 0.2) is 15.9 Å². The molecule has 3 N–H and O–H groups in total. The number of rotatable bonds is 8.